The predicted molar refractivity (Wildman–Crippen MR) is 150 cm³/mol. The van der Waals surface area contributed by atoms with Crippen LogP contribution in [0, 0.1) is 0 Å². The largest absolute Gasteiger partial charge is 0.453 e. The predicted octanol–water partition coefficient (Wildman–Crippen LogP) is 2.36. The van der Waals surface area contributed by atoms with Crippen molar-refractivity contribution in [3.63, 3.8) is 0 Å². The molecule has 0 radical (unpaired) electrons. The third-order valence-electron chi connectivity index (χ3n) is 8.11. The Labute approximate surface area is 235 Å². The summed E-state index contributed by atoms with van der Waals surface area (Å²) < 4.78 is 17.0. The Balaban J connectivity index is 1.40. The van der Waals surface area contributed by atoms with E-state index in [4.69, 9.17) is 14.2 Å². The second-order valence-corrected chi connectivity index (χ2v) is 11.0. The standard InChI is InChI=1S/C29H42N4O7/c1-18(2)33-25-9-7-6-8-19(25)12-24(28(33)36)27(35)30-20-13-21-10-11-22(14-20)32(21)16-23(34)15-31(29(37)40-5)17-26(38-3)39-4/h6-9,12,18,20-23,26,34H,10-11,13-17H2,1-5H3,(H,30,35). The van der Waals surface area contributed by atoms with E-state index in [2.05, 4.69) is 10.2 Å². The summed E-state index contributed by atoms with van der Waals surface area (Å²) in [6.45, 7) is 4.49. The first-order valence-corrected chi connectivity index (χ1v) is 13.9. The number of methoxy groups -OCH3 is 3. The van der Waals surface area contributed by atoms with Crippen LogP contribution in [-0.4, -0.2) is 103 Å². The molecule has 0 aliphatic carbocycles. The van der Waals surface area contributed by atoms with E-state index in [1.165, 1.54) is 26.2 Å². The van der Waals surface area contributed by atoms with Crippen LogP contribution in [0.15, 0.2) is 35.1 Å². The van der Waals surface area contributed by atoms with Crippen LogP contribution < -0.4 is 10.9 Å². The van der Waals surface area contributed by atoms with Crippen LogP contribution in [-0.2, 0) is 14.2 Å². The lowest BCUT2D eigenvalue weighted by Crippen LogP contribution is -2.54. The van der Waals surface area contributed by atoms with E-state index in [0.29, 0.717) is 6.54 Å². The van der Waals surface area contributed by atoms with Gasteiger partial charge in [-0.2, -0.15) is 0 Å². The van der Waals surface area contributed by atoms with Crippen LogP contribution in [0.4, 0.5) is 4.79 Å². The summed E-state index contributed by atoms with van der Waals surface area (Å²) in [6, 6.07) is 9.55. The number of amides is 2. The van der Waals surface area contributed by atoms with Crippen LogP contribution in [0.3, 0.4) is 0 Å². The van der Waals surface area contributed by atoms with Crippen molar-refractivity contribution in [2.45, 2.75) is 76.1 Å². The Morgan fingerprint density at radius 3 is 2.33 bits per heavy atom. The van der Waals surface area contributed by atoms with E-state index in [1.807, 2.05) is 38.1 Å². The first-order valence-electron chi connectivity index (χ1n) is 13.9. The summed E-state index contributed by atoms with van der Waals surface area (Å²) in [4.78, 5) is 42.6. The number of ether oxygens (including phenoxy) is 3. The maximum absolute atomic E-state index is 13.3. The number of hydrogen-bond acceptors (Lipinski definition) is 8. The maximum atomic E-state index is 13.3. The van der Waals surface area contributed by atoms with Gasteiger partial charge < -0.3 is 34.1 Å². The monoisotopic (exact) mass is 558 g/mol. The summed E-state index contributed by atoms with van der Waals surface area (Å²) in [7, 11) is 4.27. The minimum Gasteiger partial charge on any atom is -0.453 e. The molecule has 2 amide bonds. The average Bonchev–Trinajstić information content (AvgIpc) is 3.15. The zero-order valence-corrected chi connectivity index (χ0v) is 24.0. The summed E-state index contributed by atoms with van der Waals surface area (Å²) in [5.74, 6) is -0.345. The molecule has 4 rings (SSSR count). The third kappa shape index (κ3) is 6.49. The minimum absolute atomic E-state index is 0.0625. The van der Waals surface area contributed by atoms with Gasteiger partial charge >= 0.3 is 6.09 Å². The number of nitrogens with one attached hydrogen (secondary N) is 1. The quantitative estimate of drug-likeness (QED) is 0.403. The van der Waals surface area contributed by atoms with Crippen LogP contribution in [0.25, 0.3) is 10.9 Å². The number of benzene rings is 1. The Morgan fingerprint density at radius 2 is 1.73 bits per heavy atom. The molecule has 40 heavy (non-hydrogen) atoms. The molecule has 2 fully saturated rings. The summed E-state index contributed by atoms with van der Waals surface area (Å²) in [5.41, 5.74) is 0.690. The topological polar surface area (TPSA) is 123 Å². The fraction of sp³-hybridized carbons (Fsp3) is 0.621. The second-order valence-electron chi connectivity index (χ2n) is 11.0. The zero-order chi connectivity index (χ0) is 29.0. The van der Waals surface area contributed by atoms with Gasteiger partial charge in [-0.15, -0.1) is 0 Å². The highest BCUT2D eigenvalue weighted by Gasteiger charge is 2.42. The molecular weight excluding hydrogens is 516 g/mol. The number of carbonyl (C=O) groups is 2. The highest BCUT2D eigenvalue weighted by molar-refractivity contribution is 5.97. The summed E-state index contributed by atoms with van der Waals surface area (Å²) in [6.07, 6.45) is 1.41. The molecule has 0 spiro atoms. The van der Waals surface area contributed by atoms with Crippen molar-refractivity contribution in [2.75, 3.05) is 41.0 Å². The molecule has 2 aliphatic heterocycles. The minimum atomic E-state index is -0.796. The van der Waals surface area contributed by atoms with Gasteiger partial charge in [-0.3, -0.25) is 14.5 Å². The van der Waals surface area contributed by atoms with Gasteiger partial charge in [-0.25, -0.2) is 4.79 Å². The van der Waals surface area contributed by atoms with Crippen molar-refractivity contribution < 1.29 is 28.9 Å². The number of aliphatic hydroxyl groups is 1. The molecule has 11 nitrogen and oxygen atoms in total. The fourth-order valence-electron chi connectivity index (χ4n) is 6.25. The molecule has 1 aromatic heterocycles. The highest BCUT2D eigenvalue weighted by atomic mass is 16.7. The number of nitrogens with zero attached hydrogens (tertiary/aromatic N) is 3. The second kappa shape index (κ2) is 13.1. The maximum Gasteiger partial charge on any atom is 0.409 e. The van der Waals surface area contributed by atoms with Gasteiger partial charge in [0, 0.05) is 44.9 Å². The van der Waals surface area contributed by atoms with Gasteiger partial charge in [-0.1, -0.05) is 18.2 Å². The molecule has 3 heterocycles. The number of fused-ring (bicyclic) bond motifs is 3. The molecule has 2 aliphatic rings. The number of carbonyl (C=O) groups excluding carboxylic acids is 2. The van der Waals surface area contributed by atoms with E-state index in [-0.39, 0.29) is 54.3 Å². The molecule has 2 N–H and O–H groups in total. The SMILES string of the molecule is COC(=O)N(CC(O)CN1C2CCC1CC(NC(=O)c1cc3ccccc3n(C(C)C)c1=O)C2)CC(OC)OC. The van der Waals surface area contributed by atoms with Crippen molar-refractivity contribution in [3.05, 3.63) is 46.2 Å². The van der Waals surface area contributed by atoms with Crippen molar-refractivity contribution >= 4 is 22.9 Å². The highest BCUT2D eigenvalue weighted by Crippen LogP contribution is 2.36. The molecule has 220 valence electrons. The molecule has 2 aromatic rings. The molecule has 0 saturated carbocycles. The number of aromatic nitrogens is 1. The summed E-state index contributed by atoms with van der Waals surface area (Å²) >= 11 is 0. The van der Waals surface area contributed by atoms with Crippen LogP contribution >= 0.6 is 0 Å². The first kappa shape index (κ1) is 30.0. The van der Waals surface area contributed by atoms with Crippen molar-refractivity contribution in [3.8, 4) is 0 Å². The molecular formula is C29H42N4O7. The Kier molecular flexibility index (Phi) is 9.83. The third-order valence-corrected chi connectivity index (χ3v) is 8.11. The van der Waals surface area contributed by atoms with Gasteiger partial charge in [-0.05, 0) is 57.0 Å². The zero-order valence-electron chi connectivity index (χ0n) is 24.0. The van der Waals surface area contributed by atoms with E-state index in [0.717, 1.165) is 36.6 Å². The Bertz CT molecular complexity index is 1230. The molecule has 11 heteroatoms. The van der Waals surface area contributed by atoms with Crippen molar-refractivity contribution in [2.24, 2.45) is 0 Å². The Hall–Kier alpha value is -2.99. The normalized spacial score (nSPS) is 21.6. The number of para-hydroxylation sites is 1. The number of pyridine rings is 1. The lowest BCUT2D eigenvalue weighted by atomic mass is 9.96. The van der Waals surface area contributed by atoms with Crippen molar-refractivity contribution in [1.29, 1.82) is 0 Å². The number of rotatable bonds is 11. The van der Waals surface area contributed by atoms with E-state index in [9.17, 15) is 19.5 Å². The Morgan fingerprint density at radius 1 is 1.07 bits per heavy atom. The van der Waals surface area contributed by atoms with Crippen LogP contribution in [0.5, 0.6) is 0 Å². The van der Waals surface area contributed by atoms with E-state index >= 15 is 0 Å². The number of hydrogen-bond donors (Lipinski definition) is 2. The van der Waals surface area contributed by atoms with Gasteiger partial charge in [0.25, 0.3) is 11.5 Å². The fourth-order valence-corrected chi connectivity index (χ4v) is 6.25. The van der Waals surface area contributed by atoms with Crippen molar-refractivity contribution in [1.82, 2.24) is 19.7 Å². The molecule has 2 bridgehead atoms. The molecule has 3 unspecified atom stereocenters. The van der Waals surface area contributed by atoms with Gasteiger partial charge in [0.05, 0.1) is 31.8 Å². The first-order chi connectivity index (χ1) is 19.2. The van der Waals surface area contributed by atoms with Crippen LogP contribution in [0.1, 0.15) is 55.9 Å². The van der Waals surface area contributed by atoms with Gasteiger partial charge in [0.15, 0.2) is 6.29 Å². The smallest absolute Gasteiger partial charge is 0.409 e. The van der Waals surface area contributed by atoms with E-state index in [1.54, 1.807) is 10.6 Å². The van der Waals surface area contributed by atoms with Gasteiger partial charge in [0.1, 0.15) is 5.56 Å². The van der Waals surface area contributed by atoms with Gasteiger partial charge in [0.2, 0.25) is 0 Å². The molecule has 3 atom stereocenters. The molecule has 2 saturated heterocycles. The van der Waals surface area contributed by atoms with E-state index < -0.39 is 18.5 Å². The molecule has 1 aromatic carbocycles. The lowest BCUT2D eigenvalue weighted by Gasteiger charge is -2.40. The summed E-state index contributed by atoms with van der Waals surface area (Å²) in [5, 5.41) is 14.9. The number of piperidine rings is 1. The lowest BCUT2D eigenvalue weighted by molar-refractivity contribution is -0.116. The average molecular weight is 559 g/mol. The van der Waals surface area contributed by atoms with Crippen LogP contribution in [0.2, 0.25) is 0 Å². The number of aliphatic hydroxyl groups excluding tert-OH is 1.